The third-order valence-electron chi connectivity index (χ3n) is 1.48. The smallest absolute Gasteiger partial charge is 0.136 e. The molecule has 0 aliphatic heterocycles. The highest BCUT2D eigenvalue weighted by Gasteiger charge is 2.06. The van der Waals surface area contributed by atoms with Gasteiger partial charge in [0.2, 0.25) is 0 Å². The van der Waals surface area contributed by atoms with E-state index in [1.165, 1.54) is 12.1 Å². The van der Waals surface area contributed by atoms with E-state index < -0.39 is 0 Å². The molecule has 4 heteroatoms. The van der Waals surface area contributed by atoms with Gasteiger partial charge in [0, 0.05) is 6.07 Å². The molecule has 0 aliphatic carbocycles. The summed E-state index contributed by atoms with van der Waals surface area (Å²) in [6.07, 6.45) is -0.335. The van der Waals surface area contributed by atoms with Crippen molar-refractivity contribution in [3.8, 4) is 5.75 Å². The fourth-order valence-electron chi connectivity index (χ4n) is 0.822. The van der Waals surface area contributed by atoms with E-state index in [4.69, 9.17) is 9.84 Å². The monoisotopic (exact) mass is 248 g/mol. The molecule has 2 nitrogen and oxygen atoms in total. The van der Waals surface area contributed by atoms with E-state index >= 15 is 0 Å². The Hall–Kier alpha value is -0.610. The molecule has 0 spiro atoms. The molecule has 0 bridgehead atoms. The summed E-state index contributed by atoms with van der Waals surface area (Å²) >= 11 is 3.21. The van der Waals surface area contributed by atoms with E-state index in [1.807, 2.05) is 0 Å². The Morgan fingerprint density at radius 2 is 2.31 bits per heavy atom. The second kappa shape index (κ2) is 4.58. The molecule has 0 saturated heterocycles. The number of aliphatic hydroxyl groups excluding tert-OH is 1. The highest BCUT2D eigenvalue weighted by molar-refractivity contribution is 9.10. The Labute approximate surface area is 84.5 Å². The maximum atomic E-state index is 12.7. The lowest BCUT2D eigenvalue weighted by atomic mass is 10.3. The quantitative estimate of drug-likeness (QED) is 0.890. The van der Waals surface area contributed by atoms with Gasteiger partial charge in [-0.1, -0.05) is 0 Å². The number of ether oxygens (including phenoxy) is 1. The van der Waals surface area contributed by atoms with E-state index in [0.29, 0.717) is 10.2 Å². The van der Waals surface area contributed by atoms with Gasteiger partial charge in [-0.2, -0.15) is 0 Å². The summed E-state index contributed by atoms with van der Waals surface area (Å²) in [6.45, 7) is 1.61. The first kappa shape index (κ1) is 10.5. The zero-order valence-electron chi connectivity index (χ0n) is 7.13. The van der Waals surface area contributed by atoms with Crippen LogP contribution in [0.2, 0.25) is 0 Å². The van der Waals surface area contributed by atoms with Crippen LogP contribution >= 0.6 is 15.9 Å². The van der Waals surface area contributed by atoms with Gasteiger partial charge in [-0.05, 0) is 35.0 Å². The fraction of sp³-hybridized carbons (Fsp3) is 0.333. The van der Waals surface area contributed by atoms with Crippen LogP contribution in [0.1, 0.15) is 6.92 Å². The fourth-order valence-corrected chi connectivity index (χ4v) is 1.16. The molecule has 0 saturated carbocycles. The molecule has 1 aromatic rings. The van der Waals surface area contributed by atoms with Gasteiger partial charge in [-0.15, -0.1) is 0 Å². The molecule has 0 fully saturated rings. The summed E-state index contributed by atoms with van der Waals surface area (Å²) in [4.78, 5) is 0. The Balaban J connectivity index is 2.81. The van der Waals surface area contributed by atoms with Gasteiger partial charge < -0.3 is 9.84 Å². The average molecular weight is 249 g/mol. The molecule has 1 N–H and O–H groups in total. The number of aliphatic hydroxyl groups is 1. The minimum absolute atomic E-state index is 0.0943. The summed E-state index contributed by atoms with van der Waals surface area (Å²) in [5, 5.41) is 8.72. The standard InChI is InChI=1S/C9H10BrFO2/c1-6(5-12)13-9-4-7(11)2-3-8(9)10/h2-4,6,12H,5H2,1H3/t6-/m1/s1. The Kier molecular flexibility index (Phi) is 3.69. The minimum atomic E-state index is -0.358. The largest absolute Gasteiger partial charge is 0.487 e. The van der Waals surface area contributed by atoms with Gasteiger partial charge in [-0.25, -0.2) is 4.39 Å². The third kappa shape index (κ3) is 2.97. The summed E-state index contributed by atoms with van der Waals surface area (Å²) in [6, 6.07) is 4.17. The average Bonchev–Trinajstić information content (AvgIpc) is 2.11. The van der Waals surface area contributed by atoms with E-state index in [9.17, 15) is 4.39 Å². The van der Waals surface area contributed by atoms with Crippen molar-refractivity contribution in [3.05, 3.63) is 28.5 Å². The number of benzene rings is 1. The lowest BCUT2D eigenvalue weighted by Crippen LogP contribution is -2.16. The van der Waals surface area contributed by atoms with Crippen LogP contribution in [-0.4, -0.2) is 17.8 Å². The second-order valence-corrected chi connectivity index (χ2v) is 3.54. The molecule has 1 aromatic carbocycles. The Morgan fingerprint density at radius 3 is 2.92 bits per heavy atom. The molecular weight excluding hydrogens is 239 g/mol. The molecule has 1 rings (SSSR count). The van der Waals surface area contributed by atoms with Gasteiger partial charge in [-0.3, -0.25) is 0 Å². The molecule has 0 heterocycles. The second-order valence-electron chi connectivity index (χ2n) is 2.69. The van der Waals surface area contributed by atoms with Crippen LogP contribution in [0.5, 0.6) is 5.75 Å². The van der Waals surface area contributed by atoms with Crippen molar-refractivity contribution in [2.45, 2.75) is 13.0 Å². The molecule has 72 valence electrons. The van der Waals surface area contributed by atoms with Crippen LogP contribution < -0.4 is 4.74 Å². The minimum Gasteiger partial charge on any atom is -0.487 e. The highest BCUT2D eigenvalue weighted by Crippen LogP contribution is 2.26. The summed E-state index contributed by atoms with van der Waals surface area (Å²) < 4.78 is 18.7. The highest BCUT2D eigenvalue weighted by atomic mass is 79.9. The van der Waals surface area contributed by atoms with Gasteiger partial charge in [0.15, 0.2) is 0 Å². The molecule has 0 aromatic heterocycles. The van der Waals surface area contributed by atoms with Crippen LogP contribution in [0.4, 0.5) is 4.39 Å². The third-order valence-corrected chi connectivity index (χ3v) is 2.13. The van der Waals surface area contributed by atoms with Crippen molar-refractivity contribution in [2.24, 2.45) is 0 Å². The van der Waals surface area contributed by atoms with Crippen LogP contribution in [0.3, 0.4) is 0 Å². The lowest BCUT2D eigenvalue weighted by Gasteiger charge is -2.12. The first-order valence-corrected chi connectivity index (χ1v) is 4.65. The van der Waals surface area contributed by atoms with Crippen LogP contribution in [-0.2, 0) is 0 Å². The lowest BCUT2D eigenvalue weighted by molar-refractivity contribution is 0.128. The Bertz CT molecular complexity index is 291. The van der Waals surface area contributed by atoms with E-state index in [0.717, 1.165) is 0 Å². The van der Waals surface area contributed by atoms with E-state index in [1.54, 1.807) is 13.0 Å². The normalized spacial score (nSPS) is 12.6. The Morgan fingerprint density at radius 1 is 1.62 bits per heavy atom. The SMILES string of the molecule is C[C@H](CO)Oc1cc(F)ccc1Br. The van der Waals surface area contributed by atoms with Crippen LogP contribution in [0.15, 0.2) is 22.7 Å². The van der Waals surface area contributed by atoms with Gasteiger partial charge in [0.25, 0.3) is 0 Å². The van der Waals surface area contributed by atoms with Crippen molar-refractivity contribution in [3.63, 3.8) is 0 Å². The summed E-state index contributed by atoms with van der Waals surface area (Å²) in [5.41, 5.74) is 0. The van der Waals surface area contributed by atoms with Crippen molar-refractivity contribution in [1.29, 1.82) is 0 Å². The number of halogens is 2. The maximum absolute atomic E-state index is 12.7. The van der Waals surface area contributed by atoms with Crippen LogP contribution in [0, 0.1) is 5.82 Å². The van der Waals surface area contributed by atoms with Gasteiger partial charge in [0.1, 0.15) is 17.7 Å². The molecule has 13 heavy (non-hydrogen) atoms. The topological polar surface area (TPSA) is 29.5 Å². The molecule has 0 radical (unpaired) electrons. The number of hydrogen-bond acceptors (Lipinski definition) is 2. The predicted octanol–water partition coefficient (Wildman–Crippen LogP) is 2.35. The zero-order chi connectivity index (χ0) is 9.84. The van der Waals surface area contributed by atoms with Crippen molar-refractivity contribution >= 4 is 15.9 Å². The first-order chi connectivity index (χ1) is 6.13. The first-order valence-electron chi connectivity index (χ1n) is 3.86. The van der Waals surface area contributed by atoms with Crippen molar-refractivity contribution in [1.82, 2.24) is 0 Å². The maximum Gasteiger partial charge on any atom is 0.136 e. The number of hydrogen-bond donors (Lipinski definition) is 1. The molecular formula is C9H10BrFO2. The molecule has 0 unspecified atom stereocenters. The van der Waals surface area contributed by atoms with E-state index in [2.05, 4.69) is 15.9 Å². The zero-order valence-corrected chi connectivity index (χ0v) is 8.71. The predicted molar refractivity (Wildman–Crippen MR) is 51.3 cm³/mol. The van der Waals surface area contributed by atoms with Crippen LogP contribution in [0.25, 0.3) is 0 Å². The van der Waals surface area contributed by atoms with Crippen molar-refractivity contribution in [2.75, 3.05) is 6.61 Å². The molecule has 0 aliphatic rings. The summed E-state index contributed by atoms with van der Waals surface area (Å²) in [7, 11) is 0. The van der Waals surface area contributed by atoms with E-state index in [-0.39, 0.29) is 18.5 Å². The van der Waals surface area contributed by atoms with Gasteiger partial charge >= 0.3 is 0 Å². The molecule has 1 atom stereocenters. The van der Waals surface area contributed by atoms with Crippen molar-refractivity contribution < 1.29 is 14.2 Å². The molecule has 0 amide bonds. The number of rotatable bonds is 3. The summed E-state index contributed by atoms with van der Waals surface area (Å²) in [5.74, 6) is 0.0462. The van der Waals surface area contributed by atoms with Gasteiger partial charge in [0.05, 0.1) is 11.1 Å².